The van der Waals surface area contributed by atoms with E-state index in [0.29, 0.717) is 22.2 Å². The van der Waals surface area contributed by atoms with E-state index in [1.54, 1.807) is 41.3 Å². The monoisotopic (exact) mass is 346 g/mol. The summed E-state index contributed by atoms with van der Waals surface area (Å²) in [6.07, 6.45) is 1.64. The van der Waals surface area contributed by atoms with Gasteiger partial charge in [0, 0.05) is 11.1 Å². The third-order valence-corrected chi connectivity index (χ3v) is 3.48. The summed E-state index contributed by atoms with van der Waals surface area (Å²) in [4.78, 5) is 12.1. The summed E-state index contributed by atoms with van der Waals surface area (Å²) in [5, 5.41) is 9.74. The number of nitrogens with one attached hydrogen (secondary N) is 2. The summed E-state index contributed by atoms with van der Waals surface area (Å²) in [5.74, 6) is 0.783. The zero-order chi connectivity index (χ0) is 16.9. The molecule has 0 atom stereocenters. The maximum Gasteiger partial charge on any atom is 0.262 e. The van der Waals surface area contributed by atoms with Crippen LogP contribution in [0.2, 0.25) is 5.02 Å². The average Bonchev–Trinajstić information content (AvgIpc) is 2.52. The second-order valence-electron chi connectivity index (χ2n) is 4.89. The van der Waals surface area contributed by atoms with Gasteiger partial charge in [0.05, 0.1) is 18.5 Å². The molecule has 0 aliphatic rings. The summed E-state index contributed by atoms with van der Waals surface area (Å²) >= 11 is 5.94. The molecule has 0 bridgehead atoms. The molecule has 124 valence electrons. The zero-order valence-corrected chi connectivity index (χ0v) is 13.6. The molecule has 0 fully saturated rings. The lowest BCUT2D eigenvalue weighted by Gasteiger charge is -2.12. The first kappa shape index (κ1) is 15.9. The fourth-order valence-electron chi connectivity index (χ4n) is 2.08. The molecule has 24 heavy (non-hydrogen) atoms. The van der Waals surface area contributed by atoms with Gasteiger partial charge in [-0.05, 0) is 30.3 Å². The van der Waals surface area contributed by atoms with Gasteiger partial charge in [-0.2, -0.15) is 0 Å². The maximum atomic E-state index is 12.1. The summed E-state index contributed by atoms with van der Waals surface area (Å²) in [7, 11) is 1.52. The van der Waals surface area contributed by atoms with Crippen LogP contribution in [0.4, 0.5) is 5.69 Å². The number of H-pyrrole nitrogens is 1. The molecule has 3 rings (SSSR count). The molecule has 1 heterocycles. The number of ether oxygens (including phenoxy) is 2. The van der Waals surface area contributed by atoms with Crippen molar-refractivity contribution in [3.8, 4) is 17.2 Å². The van der Waals surface area contributed by atoms with Crippen molar-refractivity contribution in [1.29, 1.82) is 0 Å². The second kappa shape index (κ2) is 7.10. The molecular formula is C16H15ClN4O3. The van der Waals surface area contributed by atoms with Crippen molar-refractivity contribution in [2.24, 2.45) is 0 Å². The Hall–Kier alpha value is -2.93. The Balaban J connectivity index is 1.61. The Morgan fingerprint density at radius 2 is 2.17 bits per heavy atom. The van der Waals surface area contributed by atoms with Crippen LogP contribution in [0.15, 0.2) is 48.8 Å². The highest BCUT2D eigenvalue weighted by atomic mass is 35.5. The number of nitrogens with zero attached hydrogens (tertiary/aromatic N) is 2. The first-order chi connectivity index (χ1) is 11.7. The van der Waals surface area contributed by atoms with E-state index < -0.39 is 0 Å². The molecule has 2 aromatic carbocycles. The number of benzene rings is 2. The zero-order valence-electron chi connectivity index (χ0n) is 12.8. The summed E-state index contributed by atoms with van der Waals surface area (Å²) in [6.45, 7) is -0.138. The van der Waals surface area contributed by atoms with Crippen molar-refractivity contribution in [2.45, 2.75) is 0 Å². The van der Waals surface area contributed by atoms with Crippen molar-refractivity contribution >= 4 is 23.2 Å². The van der Waals surface area contributed by atoms with Crippen LogP contribution in [0, 0.1) is 0 Å². The Kier molecular flexibility index (Phi) is 4.72. The van der Waals surface area contributed by atoms with Gasteiger partial charge in [0.15, 0.2) is 6.61 Å². The first-order valence-electron chi connectivity index (χ1n) is 7.10. The summed E-state index contributed by atoms with van der Waals surface area (Å²) in [6, 6.07) is 12.3. The van der Waals surface area contributed by atoms with Gasteiger partial charge in [-0.1, -0.05) is 17.7 Å². The van der Waals surface area contributed by atoms with Gasteiger partial charge >= 0.3 is 0 Å². The highest BCUT2D eigenvalue weighted by molar-refractivity contribution is 6.31. The van der Waals surface area contributed by atoms with Crippen LogP contribution in [-0.4, -0.2) is 34.6 Å². The minimum atomic E-state index is -0.315. The van der Waals surface area contributed by atoms with Crippen molar-refractivity contribution < 1.29 is 14.3 Å². The molecule has 0 unspecified atom stereocenters. The van der Waals surface area contributed by atoms with E-state index >= 15 is 0 Å². The fraction of sp³-hybridized carbons (Fsp3) is 0.125. The standard InChI is InChI=1S/C16H15ClN4O3/c1-23-15-6-5-11(17)7-14(15)19-16(22)9-24-13-4-2-3-12(8-13)21-10-18-20-21/h2-8,10,20H,9H2,1H3,(H,19,22). The fourth-order valence-corrected chi connectivity index (χ4v) is 2.25. The maximum absolute atomic E-state index is 12.1. The molecule has 0 aliphatic heterocycles. The average molecular weight is 347 g/mol. The van der Waals surface area contributed by atoms with E-state index in [9.17, 15) is 4.79 Å². The minimum absolute atomic E-state index is 0.138. The second-order valence-corrected chi connectivity index (χ2v) is 5.33. The lowest BCUT2D eigenvalue weighted by atomic mass is 10.3. The first-order valence-corrected chi connectivity index (χ1v) is 7.48. The molecule has 0 spiro atoms. The third-order valence-electron chi connectivity index (χ3n) is 3.24. The smallest absolute Gasteiger partial charge is 0.262 e. The molecule has 0 radical (unpaired) electrons. The van der Waals surface area contributed by atoms with Crippen LogP contribution in [0.3, 0.4) is 0 Å². The summed E-state index contributed by atoms with van der Waals surface area (Å²) in [5.41, 5.74) is 1.35. The molecule has 2 N–H and O–H groups in total. The van der Waals surface area contributed by atoms with Crippen LogP contribution in [-0.2, 0) is 4.79 Å². The number of carbonyl (C=O) groups is 1. The third kappa shape index (κ3) is 3.69. The number of amides is 1. The van der Waals surface area contributed by atoms with Gasteiger partial charge in [-0.15, -0.1) is 5.10 Å². The van der Waals surface area contributed by atoms with E-state index in [-0.39, 0.29) is 12.5 Å². The number of rotatable bonds is 6. The van der Waals surface area contributed by atoms with Crippen molar-refractivity contribution in [3.05, 3.63) is 53.8 Å². The van der Waals surface area contributed by atoms with Crippen LogP contribution in [0.1, 0.15) is 0 Å². The van der Waals surface area contributed by atoms with E-state index in [4.69, 9.17) is 21.1 Å². The molecule has 0 saturated heterocycles. The number of anilines is 1. The van der Waals surface area contributed by atoms with Crippen LogP contribution >= 0.6 is 11.6 Å². The van der Waals surface area contributed by atoms with Gasteiger partial charge in [0.1, 0.15) is 17.8 Å². The lowest BCUT2D eigenvalue weighted by Crippen LogP contribution is -2.20. The van der Waals surface area contributed by atoms with Gasteiger partial charge in [-0.25, -0.2) is 9.90 Å². The lowest BCUT2D eigenvalue weighted by molar-refractivity contribution is -0.118. The quantitative estimate of drug-likeness (QED) is 0.719. The molecule has 0 aliphatic carbocycles. The normalized spacial score (nSPS) is 10.4. The molecule has 7 nitrogen and oxygen atoms in total. The van der Waals surface area contributed by atoms with Crippen LogP contribution in [0.5, 0.6) is 11.5 Å². The van der Waals surface area contributed by atoms with E-state index in [1.807, 2.05) is 12.1 Å². The number of aromatic amines is 1. The largest absolute Gasteiger partial charge is 0.495 e. The number of aromatic nitrogens is 3. The van der Waals surface area contributed by atoms with Gasteiger partial charge < -0.3 is 14.8 Å². The summed E-state index contributed by atoms with van der Waals surface area (Å²) < 4.78 is 12.4. The van der Waals surface area contributed by atoms with Gasteiger partial charge in [0.25, 0.3) is 5.91 Å². The van der Waals surface area contributed by atoms with Crippen molar-refractivity contribution in [1.82, 2.24) is 15.0 Å². The van der Waals surface area contributed by atoms with Crippen LogP contribution in [0.25, 0.3) is 5.69 Å². The number of methoxy groups -OCH3 is 1. The van der Waals surface area contributed by atoms with Gasteiger partial charge in [-0.3, -0.25) is 4.79 Å². The van der Waals surface area contributed by atoms with E-state index in [1.165, 1.54) is 7.11 Å². The molecule has 3 aromatic rings. The molecule has 0 saturated carbocycles. The highest BCUT2D eigenvalue weighted by Gasteiger charge is 2.09. The topological polar surface area (TPSA) is 81.2 Å². The number of halogens is 1. The molecular weight excluding hydrogens is 332 g/mol. The van der Waals surface area contributed by atoms with Crippen molar-refractivity contribution in [2.75, 3.05) is 19.0 Å². The Labute approximate surface area is 143 Å². The number of hydrogen-bond donors (Lipinski definition) is 2. The minimum Gasteiger partial charge on any atom is -0.495 e. The predicted octanol–water partition coefficient (Wildman–Crippen LogP) is 2.88. The predicted molar refractivity (Wildman–Crippen MR) is 90.0 cm³/mol. The Morgan fingerprint density at radius 3 is 2.88 bits per heavy atom. The van der Waals surface area contributed by atoms with Gasteiger partial charge in [0.2, 0.25) is 0 Å². The van der Waals surface area contributed by atoms with Crippen molar-refractivity contribution in [3.63, 3.8) is 0 Å². The van der Waals surface area contributed by atoms with Crippen LogP contribution < -0.4 is 14.8 Å². The molecule has 1 aromatic heterocycles. The Morgan fingerprint density at radius 1 is 1.33 bits per heavy atom. The molecule has 1 amide bonds. The molecule has 8 heteroatoms. The highest BCUT2D eigenvalue weighted by Crippen LogP contribution is 2.27. The van der Waals surface area contributed by atoms with E-state index in [2.05, 4.69) is 15.6 Å². The number of hydrogen-bond acceptors (Lipinski definition) is 4. The SMILES string of the molecule is COc1ccc(Cl)cc1NC(=O)COc1cccc(-n2cn[nH]2)c1. The number of carbonyl (C=O) groups excluding carboxylic acids is 1. The Bertz CT molecular complexity index is 834. The van der Waals surface area contributed by atoms with E-state index in [0.717, 1.165) is 5.69 Å².